The smallest absolute Gasteiger partial charge is 0.122 e. The Hall–Kier alpha value is -1.44. The molecule has 0 atom stereocenters. The monoisotopic (exact) mass is 160 g/mol. The lowest BCUT2D eigenvalue weighted by molar-refractivity contribution is 0.474. The highest BCUT2D eigenvalue weighted by atomic mass is 16.5. The molecular weight excluding hydrogens is 150 g/mol. The fourth-order valence-corrected chi connectivity index (χ4v) is 1.35. The summed E-state index contributed by atoms with van der Waals surface area (Å²) in [6, 6.07) is 7.96. The van der Waals surface area contributed by atoms with Crippen LogP contribution in [0.2, 0.25) is 0 Å². The Balaban J connectivity index is 2.69. The summed E-state index contributed by atoms with van der Waals surface area (Å²) in [5.41, 5.74) is 1.20. The molecule has 1 aromatic heterocycles. The van der Waals surface area contributed by atoms with Crippen molar-refractivity contribution >= 4 is 10.9 Å². The quantitative estimate of drug-likeness (QED) is 0.624. The Labute approximate surface area is 71.4 Å². The molecule has 1 radical (unpaired) electrons. The number of hydrogen-bond donors (Lipinski definition) is 0. The first-order valence-electron chi connectivity index (χ1n) is 3.78. The zero-order valence-corrected chi connectivity index (χ0v) is 6.95. The number of nitrogens with zero attached hydrogens (tertiary/aromatic N) is 1. The molecule has 12 heavy (non-hydrogen) atoms. The Morgan fingerprint density at radius 1 is 1.33 bits per heavy atom. The third-order valence-electron chi connectivity index (χ3n) is 2.02. The average Bonchev–Trinajstić information content (AvgIpc) is 2.47. The van der Waals surface area contributed by atoms with Gasteiger partial charge in [0.2, 0.25) is 0 Å². The summed E-state index contributed by atoms with van der Waals surface area (Å²) in [5, 5.41) is 1.18. The first kappa shape index (κ1) is 7.22. The Morgan fingerprint density at radius 3 is 2.92 bits per heavy atom. The minimum Gasteiger partial charge on any atom is -0.490 e. The van der Waals surface area contributed by atoms with Gasteiger partial charge in [-0.25, -0.2) is 0 Å². The van der Waals surface area contributed by atoms with Gasteiger partial charge in [-0.05, 0) is 24.3 Å². The highest BCUT2D eigenvalue weighted by Crippen LogP contribution is 2.20. The highest BCUT2D eigenvalue weighted by molar-refractivity contribution is 5.81. The lowest BCUT2D eigenvalue weighted by Crippen LogP contribution is -1.83. The highest BCUT2D eigenvalue weighted by Gasteiger charge is 1.98. The second-order valence-corrected chi connectivity index (χ2v) is 2.79. The maximum Gasteiger partial charge on any atom is 0.122 e. The van der Waals surface area contributed by atoms with Crippen molar-refractivity contribution in [2.24, 2.45) is 7.05 Å². The molecule has 0 spiro atoms. The van der Waals surface area contributed by atoms with E-state index in [1.165, 1.54) is 10.9 Å². The van der Waals surface area contributed by atoms with E-state index in [0.717, 1.165) is 5.75 Å². The first-order valence-corrected chi connectivity index (χ1v) is 3.78. The van der Waals surface area contributed by atoms with Crippen LogP contribution in [0.25, 0.3) is 10.9 Å². The van der Waals surface area contributed by atoms with Gasteiger partial charge in [-0.2, -0.15) is 0 Å². The molecule has 0 bridgehead atoms. The molecule has 0 unspecified atom stereocenters. The zero-order chi connectivity index (χ0) is 8.55. The standard InChI is InChI=1S/C10H10NO/c1-11-6-5-8-7-9(12-2)3-4-10(8)11/h3-7H,2H2,1H3. The molecule has 2 nitrogen and oxygen atoms in total. The second kappa shape index (κ2) is 2.55. The average molecular weight is 160 g/mol. The SMILES string of the molecule is [CH2]Oc1ccc2c(ccn2C)c1. The van der Waals surface area contributed by atoms with Crippen molar-refractivity contribution in [1.29, 1.82) is 0 Å². The van der Waals surface area contributed by atoms with Crippen LogP contribution in [0.1, 0.15) is 0 Å². The molecule has 2 rings (SSSR count). The van der Waals surface area contributed by atoms with Gasteiger partial charge in [0.1, 0.15) is 12.9 Å². The summed E-state index contributed by atoms with van der Waals surface area (Å²) < 4.78 is 6.94. The molecule has 1 aromatic carbocycles. The number of rotatable bonds is 1. The molecule has 2 aromatic rings. The van der Waals surface area contributed by atoms with Crippen molar-refractivity contribution in [3.05, 3.63) is 37.6 Å². The van der Waals surface area contributed by atoms with E-state index in [1.807, 2.05) is 31.4 Å². The van der Waals surface area contributed by atoms with E-state index < -0.39 is 0 Å². The summed E-state index contributed by atoms with van der Waals surface area (Å²) >= 11 is 0. The van der Waals surface area contributed by atoms with E-state index in [9.17, 15) is 0 Å². The molecule has 1 heterocycles. The van der Waals surface area contributed by atoms with E-state index in [1.54, 1.807) is 0 Å². The van der Waals surface area contributed by atoms with Crippen LogP contribution in [0.15, 0.2) is 30.5 Å². The third-order valence-corrected chi connectivity index (χ3v) is 2.02. The Morgan fingerprint density at radius 2 is 2.17 bits per heavy atom. The lowest BCUT2D eigenvalue weighted by Gasteiger charge is -1.99. The van der Waals surface area contributed by atoms with Crippen LogP contribution in [0.3, 0.4) is 0 Å². The molecule has 0 aliphatic carbocycles. The van der Waals surface area contributed by atoms with Gasteiger partial charge in [-0.1, -0.05) is 0 Å². The molecule has 0 N–H and O–H groups in total. The maximum atomic E-state index is 4.87. The lowest BCUT2D eigenvalue weighted by atomic mass is 10.2. The summed E-state index contributed by atoms with van der Waals surface area (Å²) in [5.74, 6) is 0.800. The van der Waals surface area contributed by atoms with E-state index >= 15 is 0 Å². The fourth-order valence-electron chi connectivity index (χ4n) is 1.35. The zero-order valence-electron chi connectivity index (χ0n) is 6.95. The van der Waals surface area contributed by atoms with Gasteiger partial charge in [0.05, 0.1) is 0 Å². The van der Waals surface area contributed by atoms with E-state index in [-0.39, 0.29) is 0 Å². The summed E-state index contributed by atoms with van der Waals surface area (Å²) in [7, 11) is 5.38. The fraction of sp³-hybridized carbons (Fsp3) is 0.100. The molecule has 0 saturated carbocycles. The van der Waals surface area contributed by atoms with E-state index in [0.29, 0.717) is 0 Å². The van der Waals surface area contributed by atoms with Crippen LogP contribution in [0.5, 0.6) is 5.75 Å². The van der Waals surface area contributed by atoms with Crippen molar-refractivity contribution in [2.75, 3.05) is 0 Å². The van der Waals surface area contributed by atoms with Gasteiger partial charge in [-0.3, -0.25) is 0 Å². The van der Waals surface area contributed by atoms with Crippen molar-refractivity contribution in [1.82, 2.24) is 4.57 Å². The number of aryl methyl sites for hydroxylation is 1. The van der Waals surface area contributed by atoms with Gasteiger partial charge in [0.25, 0.3) is 0 Å². The predicted octanol–water partition coefficient (Wildman–Crippen LogP) is 2.35. The minimum absolute atomic E-state index is 0.800. The topological polar surface area (TPSA) is 14.2 Å². The molecule has 0 aliphatic heterocycles. The van der Waals surface area contributed by atoms with Crippen molar-refractivity contribution in [3.63, 3.8) is 0 Å². The van der Waals surface area contributed by atoms with Crippen LogP contribution in [-0.2, 0) is 7.05 Å². The maximum absolute atomic E-state index is 4.87. The molecule has 0 saturated heterocycles. The summed E-state index contributed by atoms with van der Waals surface area (Å²) in [6.45, 7) is 0. The molecule has 61 valence electrons. The van der Waals surface area contributed by atoms with Gasteiger partial charge >= 0.3 is 0 Å². The van der Waals surface area contributed by atoms with Crippen molar-refractivity contribution in [3.8, 4) is 5.75 Å². The first-order chi connectivity index (χ1) is 5.81. The van der Waals surface area contributed by atoms with Crippen molar-refractivity contribution < 1.29 is 4.74 Å². The van der Waals surface area contributed by atoms with Crippen molar-refractivity contribution in [2.45, 2.75) is 0 Å². The number of hydrogen-bond acceptors (Lipinski definition) is 1. The predicted molar refractivity (Wildman–Crippen MR) is 48.9 cm³/mol. The van der Waals surface area contributed by atoms with Crippen LogP contribution >= 0.6 is 0 Å². The summed E-state index contributed by atoms with van der Waals surface area (Å²) in [6.07, 6.45) is 2.03. The molecule has 2 heteroatoms. The molecule has 0 fully saturated rings. The van der Waals surface area contributed by atoms with E-state index in [2.05, 4.69) is 17.7 Å². The van der Waals surface area contributed by atoms with Gasteiger partial charge in [-0.15, -0.1) is 0 Å². The molecule has 0 amide bonds. The van der Waals surface area contributed by atoms with Gasteiger partial charge < -0.3 is 9.30 Å². The van der Waals surface area contributed by atoms with Crippen LogP contribution < -0.4 is 4.74 Å². The van der Waals surface area contributed by atoms with Gasteiger partial charge in [0, 0.05) is 24.1 Å². The second-order valence-electron chi connectivity index (χ2n) is 2.79. The normalized spacial score (nSPS) is 10.5. The minimum atomic E-state index is 0.800. The Kier molecular flexibility index (Phi) is 1.54. The van der Waals surface area contributed by atoms with Crippen LogP contribution in [0.4, 0.5) is 0 Å². The number of ether oxygens (including phenoxy) is 1. The third kappa shape index (κ3) is 0.961. The van der Waals surface area contributed by atoms with E-state index in [4.69, 9.17) is 4.74 Å². The number of fused-ring (bicyclic) bond motifs is 1. The summed E-state index contributed by atoms with van der Waals surface area (Å²) in [4.78, 5) is 0. The number of benzene rings is 1. The van der Waals surface area contributed by atoms with Crippen LogP contribution in [-0.4, -0.2) is 4.57 Å². The molecular formula is C10H10NO. The number of aromatic nitrogens is 1. The Bertz CT molecular complexity index is 403. The molecule has 0 aliphatic rings. The van der Waals surface area contributed by atoms with Crippen LogP contribution in [0, 0.1) is 7.11 Å². The van der Waals surface area contributed by atoms with Gasteiger partial charge in [0.15, 0.2) is 0 Å². The largest absolute Gasteiger partial charge is 0.490 e.